The van der Waals surface area contributed by atoms with Gasteiger partial charge in [-0.1, -0.05) is 0 Å². The van der Waals surface area contributed by atoms with Gasteiger partial charge in [-0.25, -0.2) is 4.98 Å². The maximum atomic E-state index is 12.1. The van der Waals surface area contributed by atoms with E-state index in [0.717, 1.165) is 30.7 Å². The van der Waals surface area contributed by atoms with Crippen molar-refractivity contribution in [1.29, 1.82) is 0 Å². The molecule has 0 radical (unpaired) electrons. The second-order valence-electron chi connectivity index (χ2n) is 3.93. The second-order valence-corrected chi connectivity index (χ2v) is 4.78. The summed E-state index contributed by atoms with van der Waals surface area (Å²) >= 11 is 3.35. The van der Waals surface area contributed by atoms with Crippen LogP contribution < -0.4 is 0 Å². The number of likely N-dealkylation sites (N-methyl/N-ethyl adjacent to an activating group) is 1. The van der Waals surface area contributed by atoms with E-state index in [1.165, 1.54) is 0 Å². The molecule has 0 saturated carbocycles. The van der Waals surface area contributed by atoms with Gasteiger partial charge in [-0.05, 0) is 35.1 Å². The number of rotatable bonds is 1. The molecule has 0 bridgehead atoms. The van der Waals surface area contributed by atoms with E-state index in [4.69, 9.17) is 0 Å². The first-order valence-electron chi connectivity index (χ1n) is 5.27. The number of hydrogen-bond donors (Lipinski definition) is 0. The Kier molecular flexibility index (Phi) is 3.56. The van der Waals surface area contributed by atoms with E-state index >= 15 is 0 Å². The summed E-state index contributed by atoms with van der Waals surface area (Å²) in [4.78, 5) is 20.3. The lowest BCUT2D eigenvalue weighted by molar-refractivity contribution is 0.0657. The number of aromatic nitrogens is 1. The number of nitrogens with zero attached hydrogens (tertiary/aromatic N) is 3. The fraction of sp³-hybridized carbons (Fsp3) is 0.455. The van der Waals surface area contributed by atoms with Gasteiger partial charge in [0, 0.05) is 36.8 Å². The number of carbonyl (C=O) groups excluding carboxylic acids is 1. The Hall–Kier alpha value is -0.940. The van der Waals surface area contributed by atoms with Gasteiger partial charge in [0.25, 0.3) is 5.91 Å². The summed E-state index contributed by atoms with van der Waals surface area (Å²) in [5.41, 5.74) is 0.507. The third-order valence-corrected chi connectivity index (χ3v) is 3.39. The predicted molar refractivity (Wildman–Crippen MR) is 65.3 cm³/mol. The summed E-state index contributed by atoms with van der Waals surface area (Å²) in [6.07, 6.45) is 1.65. The van der Waals surface area contributed by atoms with Gasteiger partial charge in [0.1, 0.15) is 5.69 Å². The Morgan fingerprint density at radius 1 is 1.38 bits per heavy atom. The van der Waals surface area contributed by atoms with Gasteiger partial charge >= 0.3 is 0 Å². The smallest absolute Gasteiger partial charge is 0.273 e. The maximum absolute atomic E-state index is 12.1. The third-order valence-electron chi connectivity index (χ3n) is 2.75. The molecule has 1 aromatic rings. The summed E-state index contributed by atoms with van der Waals surface area (Å²) in [6.45, 7) is 3.41. The third kappa shape index (κ3) is 2.41. The van der Waals surface area contributed by atoms with Crippen LogP contribution in [-0.2, 0) is 0 Å². The van der Waals surface area contributed by atoms with E-state index in [1.807, 2.05) is 17.0 Å². The summed E-state index contributed by atoms with van der Waals surface area (Å²) in [6, 6.07) is 3.65. The zero-order chi connectivity index (χ0) is 11.5. The minimum atomic E-state index is 0.0144. The number of hydrogen-bond acceptors (Lipinski definition) is 3. The average molecular weight is 284 g/mol. The van der Waals surface area contributed by atoms with Crippen LogP contribution in [0.2, 0.25) is 0 Å². The Bertz CT molecular complexity index is 389. The average Bonchev–Trinajstić information content (AvgIpc) is 2.30. The Balaban J connectivity index is 2.11. The highest BCUT2D eigenvalue weighted by Crippen LogP contribution is 2.16. The molecular weight excluding hydrogens is 270 g/mol. The van der Waals surface area contributed by atoms with Gasteiger partial charge in [0.05, 0.1) is 0 Å². The fourth-order valence-electron chi connectivity index (χ4n) is 1.70. The zero-order valence-electron chi connectivity index (χ0n) is 9.19. The van der Waals surface area contributed by atoms with E-state index in [1.54, 1.807) is 6.20 Å². The van der Waals surface area contributed by atoms with Crippen LogP contribution >= 0.6 is 15.9 Å². The van der Waals surface area contributed by atoms with Crippen LogP contribution in [0.1, 0.15) is 10.5 Å². The molecular formula is C11H14BrN3O. The monoisotopic (exact) mass is 283 g/mol. The van der Waals surface area contributed by atoms with Gasteiger partial charge in [-0.3, -0.25) is 4.79 Å². The molecule has 1 aliphatic heterocycles. The minimum Gasteiger partial charge on any atom is -0.335 e. The summed E-state index contributed by atoms with van der Waals surface area (Å²) < 4.78 is 0.763. The SMILES string of the molecule is CN1CCN(C(=O)c2ncccc2Br)CC1. The molecule has 1 aromatic heterocycles. The van der Waals surface area contributed by atoms with Crippen LogP contribution in [0.4, 0.5) is 0 Å². The van der Waals surface area contributed by atoms with Crippen LogP contribution in [0.5, 0.6) is 0 Å². The zero-order valence-corrected chi connectivity index (χ0v) is 10.8. The molecule has 0 spiro atoms. The maximum Gasteiger partial charge on any atom is 0.273 e. The first kappa shape index (κ1) is 11.5. The summed E-state index contributed by atoms with van der Waals surface area (Å²) in [5.74, 6) is 0.0144. The lowest BCUT2D eigenvalue weighted by Gasteiger charge is -2.32. The van der Waals surface area contributed by atoms with Crippen LogP contribution in [0.3, 0.4) is 0 Å². The van der Waals surface area contributed by atoms with Crippen molar-refractivity contribution in [2.75, 3.05) is 33.2 Å². The lowest BCUT2D eigenvalue weighted by atomic mass is 10.2. The number of pyridine rings is 1. The Morgan fingerprint density at radius 2 is 2.06 bits per heavy atom. The van der Waals surface area contributed by atoms with Crippen molar-refractivity contribution in [3.63, 3.8) is 0 Å². The van der Waals surface area contributed by atoms with Crippen molar-refractivity contribution in [2.24, 2.45) is 0 Å². The highest BCUT2D eigenvalue weighted by atomic mass is 79.9. The van der Waals surface area contributed by atoms with Crippen LogP contribution in [-0.4, -0.2) is 53.9 Å². The quantitative estimate of drug-likeness (QED) is 0.778. The van der Waals surface area contributed by atoms with E-state index in [9.17, 15) is 4.79 Å². The van der Waals surface area contributed by atoms with Gasteiger partial charge < -0.3 is 9.80 Å². The molecule has 0 unspecified atom stereocenters. The second kappa shape index (κ2) is 4.93. The largest absolute Gasteiger partial charge is 0.335 e. The fourth-order valence-corrected chi connectivity index (χ4v) is 2.13. The van der Waals surface area contributed by atoms with Gasteiger partial charge in [-0.2, -0.15) is 0 Å². The Labute approximate surface area is 103 Å². The number of carbonyl (C=O) groups is 1. The van der Waals surface area contributed by atoms with Crippen molar-refractivity contribution in [3.8, 4) is 0 Å². The van der Waals surface area contributed by atoms with Crippen molar-refractivity contribution >= 4 is 21.8 Å². The Morgan fingerprint density at radius 3 is 2.69 bits per heavy atom. The standard InChI is InChI=1S/C11H14BrN3O/c1-14-5-7-15(8-6-14)11(16)10-9(12)3-2-4-13-10/h2-4H,5-8H2,1H3. The highest BCUT2D eigenvalue weighted by Gasteiger charge is 2.22. The number of piperazine rings is 1. The molecule has 0 aromatic carbocycles. The molecule has 1 fully saturated rings. The van der Waals surface area contributed by atoms with E-state index in [2.05, 4.69) is 32.9 Å². The molecule has 0 N–H and O–H groups in total. The van der Waals surface area contributed by atoms with E-state index in [-0.39, 0.29) is 5.91 Å². The molecule has 5 heteroatoms. The number of amides is 1. The molecule has 2 heterocycles. The molecule has 16 heavy (non-hydrogen) atoms. The topological polar surface area (TPSA) is 36.4 Å². The highest BCUT2D eigenvalue weighted by molar-refractivity contribution is 9.10. The number of halogens is 1. The van der Waals surface area contributed by atoms with Gasteiger partial charge in [-0.15, -0.1) is 0 Å². The van der Waals surface area contributed by atoms with Gasteiger partial charge in [0.2, 0.25) is 0 Å². The molecule has 86 valence electrons. The summed E-state index contributed by atoms with van der Waals surface area (Å²) in [5, 5.41) is 0. The van der Waals surface area contributed by atoms with Crippen molar-refractivity contribution in [2.45, 2.75) is 0 Å². The van der Waals surface area contributed by atoms with E-state index in [0.29, 0.717) is 5.69 Å². The predicted octanol–water partition coefficient (Wildman–Crippen LogP) is 1.23. The van der Waals surface area contributed by atoms with Crippen molar-refractivity contribution in [1.82, 2.24) is 14.8 Å². The van der Waals surface area contributed by atoms with Crippen molar-refractivity contribution in [3.05, 3.63) is 28.5 Å². The first-order valence-corrected chi connectivity index (χ1v) is 6.06. The molecule has 2 rings (SSSR count). The normalized spacial score (nSPS) is 17.5. The first-order chi connectivity index (χ1) is 7.68. The molecule has 4 nitrogen and oxygen atoms in total. The van der Waals surface area contributed by atoms with Gasteiger partial charge in [0.15, 0.2) is 0 Å². The van der Waals surface area contributed by atoms with Crippen LogP contribution in [0.25, 0.3) is 0 Å². The molecule has 0 aliphatic carbocycles. The molecule has 1 amide bonds. The van der Waals surface area contributed by atoms with Crippen LogP contribution in [0.15, 0.2) is 22.8 Å². The lowest BCUT2D eigenvalue weighted by Crippen LogP contribution is -2.47. The van der Waals surface area contributed by atoms with Crippen LogP contribution in [0, 0.1) is 0 Å². The molecule has 0 atom stereocenters. The minimum absolute atomic E-state index is 0.0144. The molecule has 1 saturated heterocycles. The molecule has 1 aliphatic rings. The van der Waals surface area contributed by atoms with Crippen molar-refractivity contribution < 1.29 is 4.79 Å². The summed E-state index contributed by atoms with van der Waals surface area (Å²) in [7, 11) is 2.07. The van der Waals surface area contributed by atoms with E-state index < -0.39 is 0 Å².